The molecule has 1 N–H and O–H groups in total. The van der Waals surface area contributed by atoms with E-state index in [-0.39, 0.29) is 108 Å². The SMILES string of the molecule is C1CCCC1.C1CCOC1.C1CCOC1.CC(C)(C)c1cc(C(C)(C)C)c([NH-])c(C(C)(C)C)c1.CC1C(C)C(C)C(C)C1C.[K+].[Sm]. The van der Waals surface area contributed by atoms with Gasteiger partial charge in [0.25, 0.3) is 0 Å². The summed E-state index contributed by atoms with van der Waals surface area (Å²) in [6.45, 7) is 35.9. The molecule has 4 fully saturated rings. The van der Waals surface area contributed by atoms with Gasteiger partial charge in [0, 0.05) is 66.8 Å². The normalized spacial score (nSPS) is 25.6. The van der Waals surface area contributed by atoms with Gasteiger partial charge in [-0.1, -0.05) is 152 Å². The second-order valence-corrected chi connectivity index (χ2v) is 17.4. The van der Waals surface area contributed by atoms with E-state index in [2.05, 4.69) is 109 Å². The van der Waals surface area contributed by atoms with E-state index in [0.717, 1.165) is 67.1 Å². The second-order valence-electron chi connectivity index (χ2n) is 17.4. The van der Waals surface area contributed by atoms with Crippen LogP contribution < -0.4 is 51.4 Å². The van der Waals surface area contributed by atoms with Gasteiger partial charge in [-0.3, -0.25) is 0 Å². The van der Waals surface area contributed by atoms with E-state index in [9.17, 15) is 0 Å². The Bertz CT molecular complexity index is 791. The first-order chi connectivity index (χ1) is 20.3. The predicted octanol–water partition coefficient (Wildman–Crippen LogP) is 9.99. The Morgan fingerprint density at radius 1 is 0.478 bits per heavy atom. The molecular formula is C41H76KNO2Sm. The van der Waals surface area contributed by atoms with Crippen LogP contribution in [0.25, 0.3) is 5.73 Å². The fourth-order valence-electron chi connectivity index (χ4n) is 6.56. The minimum absolute atomic E-state index is 0. The maximum atomic E-state index is 8.56. The summed E-state index contributed by atoms with van der Waals surface area (Å²) in [4.78, 5) is 0. The standard InChI is InChI=1S/C18H30N.C10H20.C5H10.2C4H8O.K.Sm/c1-16(2,3)12-10-13(17(4,5)6)15(19)14(11-12)18(7,8)9;1-6-7(2)9(4)10(5)8(6)3;3*1-2-4-5-3-1;;/h10-11,19H,1-9H3;6-10H,1-5H3;1-5H2;2*1-4H2;;/q-1;;;;;+1;. The van der Waals surface area contributed by atoms with Gasteiger partial charge in [-0.25, -0.2) is 0 Å². The van der Waals surface area contributed by atoms with Gasteiger partial charge in [-0.15, -0.1) is 5.69 Å². The quantitative estimate of drug-likeness (QED) is 0.245. The Morgan fingerprint density at radius 3 is 0.870 bits per heavy atom. The van der Waals surface area contributed by atoms with E-state index in [0.29, 0.717) is 5.69 Å². The van der Waals surface area contributed by atoms with Crippen molar-refractivity contribution in [1.29, 1.82) is 0 Å². The Balaban J connectivity index is 0. The van der Waals surface area contributed by atoms with Gasteiger partial charge in [0.15, 0.2) is 0 Å². The maximum absolute atomic E-state index is 8.56. The molecule has 1 aromatic rings. The first-order valence-electron chi connectivity index (χ1n) is 18.4. The molecule has 0 aromatic heterocycles. The molecule has 264 valence electrons. The number of hydrogen-bond donors (Lipinski definition) is 0. The van der Waals surface area contributed by atoms with Crippen LogP contribution in [-0.2, 0) is 25.7 Å². The first-order valence-corrected chi connectivity index (χ1v) is 18.4. The van der Waals surface area contributed by atoms with Crippen molar-refractivity contribution in [3.8, 4) is 0 Å². The first kappa shape index (κ1) is 50.0. The molecule has 0 atom stereocenters. The van der Waals surface area contributed by atoms with Gasteiger partial charge >= 0.3 is 51.4 Å². The van der Waals surface area contributed by atoms with Crippen LogP contribution in [0.5, 0.6) is 0 Å². The summed E-state index contributed by atoms with van der Waals surface area (Å²) in [5.74, 6) is 4.68. The summed E-state index contributed by atoms with van der Waals surface area (Å²) in [5, 5.41) is 0. The third-order valence-corrected chi connectivity index (χ3v) is 10.7. The van der Waals surface area contributed by atoms with Crippen molar-refractivity contribution in [2.24, 2.45) is 29.6 Å². The zero-order valence-electron chi connectivity index (χ0n) is 33.5. The van der Waals surface area contributed by atoms with E-state index < -0.39 is 0 Å². The van der Waals surface area contributed by atoms with Crippen molar-refractivity contribution < 1.29 is 101 Å². The van der Waals surface area contributed by atoms with Crippen LogP contribution in [0, 0.1) is 70.0 Å². The van der Waals surface area contributed by atoms with Crippen molar-refractivity contribution in [2.45, 2.75) is 171 Å². The average Bonchev–Trinajstić information content (AvgIpc) is 3.76. The smallest absolute Gasteiger partial charge is 0.698 e. The van der Waals surface area contributed by atoms with Crippen molar-refractivity contribution in [3.63, 3.8) is 0 Å². The Labute approximate surface area is 363 Å². The maximum Gasteiger partial charge on any atom is 1.00 e. The zero-order chi connectivity index (χ0) is 33.7. The molecule has 0 spiro atoms. The van der Waals surface area contributed by atoms with Gasteiger partial charge in [0.2, 0.25) is 0 Å². The topological polar surface area (TPSA) is 42.3 Å². The molecule has 2 saturated heterocycles. The summed E-state index contributed by atoms with van der Waals surface area (Å²) < 4.78 is 9.89. The second kappa shape index (κ2) is 24.2. The van der Waals surface area contributed by atoms with Crippen LogP contribution in [0.2, 0.25) is 0 Å². The monoisotopic (exact) mass is 805 g/mol. The Kier molecular flexibility index (Phi) is 26.3. The molecule has 1 aromatic carbocycles. The third-order valence-electron chi connectivity index (χ3n) is 10.7. The minimum atomic E-state index is 0. The van der Waals surface area contributed by atoms with Crippen molar-refractivity contribution in [1.82, 2.24) is 0 Å². The van der Waals surface area contributed by atoms with Gasteiger partial charge in [-0.2, -0.15) is 0 Å². The fourth-order valence-corrected chi connectivity index (χ4v) is 6.56. The van der Waals surface area contributed by atoms with Gasteiger partial charge < -0.3 is 15.2 Å². The number of benzene rings is 1. The minimum Gasteiger partial charge on any atom is -0.698 e. The molecule has 4 aliphatic rings. The van der Waals surface area contributed by atoms with E-state index in [1.54, 1.807) is 0 Å². The molecule has 2 heterocycles. The van der Waals surface area contributed by atoms with Crippen LogP contribution in [0.4, 0.5) is 5.69 Å². The van der Waals surface area contributed by atoms with Crippen molar-refractivity contribution in [2.75, 3.05) is 26.4 Å². The van der Waals surface area contributed by atoms with Crippen LogP contribution in [-0.4, -0.2) is 26.4 Å². The van der Waals surface area contributed by atoms with E-state index in [1.807, 2.05) is 0 Å². The van der Waals surface area contributed by atoms with E-state index >= 15 is 0 Å². The fraction of sp³-hybridized carbons (Fsp3) is 0.854. The van der Waals surface area contributed by atoms with Gasteiger partial charge in [0.1, 0.15) is 0 Å². The average molecular weight is 805 g/mol. The number of rotatable bonds is 0. The molecule has 2 aliphatic heterocycles. The summed E-state index contributed by atoms with van der Waals surface area (Å²) in [6, 6.07) is 4.47. The molecule has 5 rings (SSSR count). The molecule has 0 amide bonds. The molecule has 5 heteroatoms. The van der Waals surface area contributed by atoms with Crippen LogP contribution >= 0.6 is 0 Å². The molecule has 0 radical (unpaired) electrons. The summed E-state index contributed by atoms with van der Waals surface area (Å²) in [6.07, 6.45) is 12.6. The predicted molar refractivity (Wildman–Crippen MR) is 196 cm³/mol. The van der Waals surface area contributed by atoms with Crippen LogP contribution in [0.1, 0.15) is 171 Å². The third kappa shape index (κ3) is 18.4. The molecular weight excluding hydrogens is 728 g/mol. The van der Waals surface area contributed by atoms with Crippen molar-refractivity contribution >= 4 is 5.69 Å². The molecule has 0 bridgehead atoms. The molecule has 2 saturated carbocycles. The van der Waals surface area contributed by atoms with Crippen LogP contribution in [0.15, 0.2) is 12.1 Å². The molecule has 46 heavy (non-hydrogen) atoms. The van der Waals surface area contributed by atoms with Crippen molar-refractivity contribution in [3.05, 3.63) is 34.6 Å². The van der Waals surface area contributed by atoms with E-state index in [4.69, 9.17) is 15.2 Å². The van der Waals surface area contributed by atoms with Gasteiger partial charge in [-0.05, 0) is 77.1 Å². The largest absolute Gasteiger partial charge is 1.00 e. The number of ether oxygens (including phenoxy) is 2. The molecule has 0 unspecified atom stereocenters. The van der Waals surface area contributed by atoms with Crippen LogP contribution in [0.3, 0.4) is 0 Å². The zero-order valence-corrected chi connectivity index (χ0v) is 39.2. The molecule has 2 aliphatic carbocycles. The van der Waals surface area contributed by atoms with Gasteiger partial charge in [0.05, 0.1) is 0 Å². The summed E-state index contributed by atoms with van der Waals surface area (Å²) in [5.41, 5.74) is 13.1. The summed E-state index contributed by atoms with van der Waals surface area (Å²) >= 11 is 0. The van der Waals surface area contributed by atoms with E-state index in [1.165, 1.54) is 63.4 Å². The number of hydrogen-bond acceptors (Lipinski definition) is 2. The number of nitrogens with one attached hydrogen (secondary N) is 1. The Hall–Kier alpha value is 1.91. The Morgan fingerprint density at radius 2 is 0.717 bits per heavy atom. The molecule has 3 nitrogen and oxygen atoms in total. The summed E-state index contributed by atoms with van der Waals surface area (Å²) in [7, 11) is 0.